The SMILES string of the molecule is CC(c1ccc(OC(F)(F)F)cc1)N1CCN(C(=O)CO)CC1. The van der Waals surface area contributed by atoms with E-state index in [0.29, 0.717) is 26.2 Å². The maximum absolute atomic E-state index is 12.1. The molecule has 0 aromatic heterocycles. The van der Waals surface area contributed by atoms with Crippen LogP contribution in [0.15, 0.2) is 24.3 Å². The zero-order chi connectivity index (χ0) is 17.0. The molecule has 1 fully saturated rings. The largest absolute Gasteiger partial charge is 0.573 e. The molecule has 1 heterocycles. The molecule has 128 valence electrons. The van der Waals surface area contributed by atoms with E-state index in [1.165, 1.54) is 12.1 Å². The van der Waals surface area contributed by atoms with Crippen molar-refractivity contribution in [1.82, 2.24) is 9.80 Å². The number of benzene rings is 1. The third-order valence-corrected chi connectivity index (χ3v) is 3.95. The molecule has 0 bridgehead atoms. The summed E-state index contributed by atoms with van der Waals surface area (Å²) in [6.07, 6.45) is -4.69. The molecule has 2 rings (SSSR count). The fourth-order valence-corrected chi connectivity index (χ4v) is 2.62. The topological polar surface area (TPSA) is 53.0 Å². The third-order valence-electron chi connectivity index (χ3n) is 3.95. The number of rotatable bonds is 4. The number of alkyl halides is 3. The lowest BCUT2D eigenvalue weighted by Gasteiger charge is -2.38. The molecule has 1 N–H and O–H groups in total. The van der Waals surface area contributed by atoms with Crippen molar-refractivity contribution < 1.29 is 27.8 Å². The second-order valence-electron chi connectivity index (χ2n) is 5.37. The van der Waals surface area contributed by atoms with Crippen molar-refractivity contribution in [3.8, 4) is 5.75 Å². The van der Waals surface area contributed by atoms with Crippen LogP contribution in [0.3, 0.4) is 0 Å². The molecule has 5 nitrogen and oxygen atoms in total. The monoisotopic (exact) mass is 332 g/mol. The molecule has 1 unspecified atom stereocenters. The second-order valence-corrected chi connectivity index (χ2v) is 5.37. The molecule has 1 saturated heterocycles. The standard InChI is InChI=1S/C15H19F3N2O3/c1-11(19-6-8-20(9-7-19)14(22)10-21)12-2-4-13(5-3-12)23-15(16,17)18/h2-5,11,21H,6-10H2,1H3. The molecule has 0 radical (unpaired) electrons. The van der Waals surface area contributed by atoms with Gasteiger partial charge in [0, 0.05) is 32.2 Å². The Balaban J connectivity index is 1.93. The van der Waals surface area contributed by atoms with Gasteiger partial charge in [-0.3, -0.25) is 9.69 Å². The normalized spacial score (nSPS) is 17.9. The van der Waals surface area contributed by atoms with E-state index >= 15 is 0 Å². The first-order valence-corrected chi connectivity index (χ1v) is 7.28. The summed E-state index contributed by atoms with van der Waals surface area (Å²) in [7, 11) is 0. The van der Waals surface area contributed by atoms with E-state index in [4.69, 9.17) is 5.11 Å². The maximum Gasteiger partial charge on any atom is 0.573 e. The van der Waals surface area contributed by atoms with Gasteiger partial charge in [0.1, 0.15) is 12.4 Å². The summed E-state index contributed by atoms with van der Waals surface area (Å²) in [5, 5.41) is 8.85. The highest BCUT2D eigenvalue weighted by Gasteiger charge is 2.31. The van der Waals surface area contributed by atoms with Gasteiger partial charge in [0.15, 0.2) is 0 Å². The van der Waals surface area contributed by atoms with Gasteiger partial charge in [-0.25, -0.2) is 0 Å². The number of hydrogen-bond acceptors (Lipinski definition) is 4. The average molecular weight is 332 g/mol. The van der Waals surface area contributed by atoms with Crippen molar-refractivity contribution in [2.24, 2.45) is 0 Å². The van der Waals surface area contributed by atoms with Crippen LogP contribution in [0.5, 0.6) is 5.75 Å². The van der Waals surface area contributed by atoms with Crippen LogP contribution in [0.25, 0.3) is 0 Å². The lowest BCUT2D eigenvalue weighted by molar-refractivity contribution is -0.274. The van der Waals surface area contributed by atoms with E-state index < -0.39 is 13.0 Å². The van der Waals surface area contributed by atoms with Crippen molar-refractivity contribution in [3.05, 3.63) is 29.8 Å². The van der Waals surface area contributed by atoms with E-state index in [1.54, 1.807) is 17.0 Å². The van der Waals surface area contributed by atoms with Crippen LogP contribution < -0.4 is 4.74 Å². The molecule has 0 aliphatic carbocycles. The lowest BCUT2D eigenvalue weighted by Crippen LogP contribution is -2.50. The highest BCUT2D eigenvalue weighted by atomic mass is 19.4. The van der Waals surface area contributed by atoms with Gasteiger partial charge in [-0.1, -0.05) is 12.1 Å². The van der Waals surface area contributed by atoms with E-state index in [1.807, 2.05) is 6.92 Å². The Bertz CT molecular complexity index is 526. The fourth-order valence-electron chi connectivity index (χ4n) is 2.62. The van der Waals surface area contributed by atoms with Crippen LogP contribution >= 0.6 is 0 Å². The predicted octanol–water partition coefficient (Wildman–Crippen LogP) is 1.78. The molecule has 23 heavy (non-hydrogen) atoms. The number of aliphatic hydroxyl groups is 1. The van der Waals surface area contributed by atoms with Gasteiger partial charge in [-0.05, 0) is 24.6 Å². The number of hydrogen-bond donors (Lipinski definition) is 1. The van der Waals surface area contributed by atoms with Crippen molar-refractivity contribution in [2.45, 2.75) is 19.3 Å². The number of nitrogens with zero attached hydrogens (tertiary/aromatic N) is 2. The number of halogens is 3. The smallest absolute Gasteiger partial charge is 0.406 e. The Morgan fingerprint density at radius 2 is 1.78 bits per heavy atom. The van der Waals surface area contributed by atoms with Gasteiger partial charge >= 0.3 is 6.36 Å². The summed E-state index contributed by atoms with van der Waals surface area (Å²) in [4.78, 5) is 15.2. The predicted molar refractivity (Wildman–Crippen MR) is 76.8 cm³/mol. The number of carbonyl (C=O) groups excluding carboxylic acids is 1. The van der Waals surface area contributed by atoms with Gasteiger partial charge in [-0.2, -0.15) is 0 Å². The molecule has 1 atom stereocenters. The highest BCUT2D eigenvalue weighted by Crippen LogP contribution is 2.26. The minimum atomic E-state index is -4.69. The lowest BCUT2D eigenvalue weighted by atomic mass is 10.1. The van der Waals surface area contributed by atoms with E-state index in [2.05, 4.69) is 9.64 Å². The van der Waals surface area contributed by atoms with Crippen LogP contribution in [-0.2, 0) is 4.79 Å². The summed E-state index contributed by atoms with van der Waals surface area (Å²) < 4.78 is 40.3. The zero-order valence-corrected chi connectivity index (χ0v) is 12.7. The third kappa shape index (κ3) is 4.84. The van der Waals surface area contributed by atoms with Gasteiger partial charge in [0.25, 0.3) is 0 Å². The molecular weight excluding hydrogens is 313 g/mol. The van der Waals surface area contributed by atoms with Crippen molar-refractivity contribution in [3.63, 3.8) is 0 Å². The first-order chi connectivity index (χ1) is 10.8. The average Bonchev–Trinajstić information content (AvgIpc) is 2.53. The van der Waals surface area contributed by atoms with Crippen LogP contribution in [-0.4, -0.2) is 60.0 Å². The summed E-state index contributed by atoms with van der Waals surface area (Å²) in [6, 6.07) is 5.82. The number of carbonyl (C=O) groups is 1. The van der Waals surface area contributed by atoms with Gasteiger partial charge in [0.05, 0.1) is 0 Å². The molecule has 1 aromatic rings. The fraction of sp³-hybridized carbons (Fsp3) is 0.533. The molecule has 1 aliphatic heterocycles. The number of piperazine rings is 1. The molecular formula is C15H19F3N2O3. The Kier molecular flexibility index (Phi) is 5.48. The Morgan fingerprint density at radius 1 is 1.22 bits per heavy atom. The molecule has 1 aromatic carbocycles. The van der Waals surface area contributed by atoms with Gasteiger partial charge < -0.3 is 14.7 Å². The Labute approximate surface area is 132 Å². The van der Waals surface area contributed by atoms with E-state index in [-0.39, 0.29) is 17.7 Å². The molecule has 1 aliphatic rings. The minimum Gasteiger partial charge on any atom is -0.406 e. The van der Waals surface area contributed by atoms with Gasteiger partial charge in [-0.15, -0.1) is 13.2 Å². The number of amides is 1. The first-order valence-electron chi connectivity index (χ1n) is 7.28. The van der Waals surface area contributed by atoms with Crippen molar-refractivity contribution in [1.29, 1.82) is 0 Å². The quantitative estimate of drug-likeness (QED) is 0.913. The molecule has 0 spiro atoms. The molecule has 0 saturated carbocycles. The second kappa shape index (κ2) is 7.18. The van der Waals surface area contributed by atoms with Crippen molar-refractivity contribution in [2.75, 3.05) is 32.8 Å². The van der Waals surface area contributed by atoms with Crippen LogP contribution in [0.2, 0.25) is 0 Å². The van der Waals surface area contributed by atoms with Crippen LogP contribution in [0.4, 0.5) is 13.2 Å². The Morgan fingerprint density at radius 3 is 2.26 bits per heavy atom. The number of aliphatic hydroxyl groups excluding tert-OH is 1. The molecule has 1 amide bonds. The number of ether oxygens (including phenoxy) is 1. The maximum atomic E-state index is 12.1. The van der Waals surface area contributed by atoms with Gasteiger partial charge in [0.2, 0.25) is 5.91 Å². The van der Waals surface area contributed by atoms with Crippen molar-refractivity contribution >= 4 is 5.91 Å². The van der Waals surface area contributed by atoms with Crippen LogP contribution in [0.1, 0.15) is 18.5 Å². The summed E-state index contributed by atoms with van der Waals surface area (Å²) in [6.45, 7) is 3.82. The zero-order valence-electron chi connectivity index (χ0n) is 12.7. The van der Waals surface area contributed by atoms with E-state index in [0.717, 1.165) is 5.56 Å². The summed E-state index contributed by atoms with van der Waals surface area (Å²) in [5.41, 5.74) is 0.876. The first kappa shape index (κ1) is 17.6. The highest BCUT2D eigenvalue weighted by molar-refractivity contribution is 5.77. The Hall–Kier alpha value is -1.80. The minimum absolute atomic E-state index is 0.0151. The summed E-state index contributed by atoms with van der Waals surface area (Å²) in [5.74, 6) is -0.530. The molecule has 8 heteroatoms. The van der Waals surface area contributed by atoms with Crippen LogP contribution in [0, 0.1) is 0 Å². The summed E-state index contributed by atoms with van der Waals surface area (Å²) >= 11 is 0. The van der Waals surface area contributed by atoms with E-state index in [9.17, 15) is 18.0 Å².